The van der Waals surface area contributed by atoms with Crippen molar-refractivity contribution in [3.8, 4) is 11.8 Å². The second-order valence-electron chi connectivity index (χ2n) is 4.00. The molecule has 0 heterocycles. The number of aliphatic hydroxyl groups excluding tert-OH is 1. The smallest absolute Gasteiger partial charge is 0.123 e. The van der Waals surface area contributed by atoms with E-state index in [4.69, 9.17) is 10.00 Å². The van der Waals surface area contributed by atoms with Crippen molar-refractivity contribution in [2.24, 2.45) is 0 Å². The molecular weight excluding hydrogens is 245 g/mol. The van der Waals surface area contributed by atoms with E-state index in [0.29, 0.717) is 16.9 Å². The molecule has 2 aromatic rings. The van der Waals surface area contributed by atoms with Gasteiger partial charge in [0.1, 0.15) is 18.2 Å². The normalized spacial score (nSPS) is 9.95. The molecule has 2 rings (SSSR count). The second kappa shape index (κ2) is 5.98. The molecule has 0 bridgehead atoms. The summed E-state index contributed by atoms with van der Waals surface area (Å²) in [6.07, 6.45) is 0. The minimum Gasteiger partial charge on any atom is -0.489 e. The number of rotatable bonds is 4. The molecule has 0 aliphatic carbocycles. The molecule has 0 fully saturated rings. The van der Waals surface area contributed by atoms with Crippen LogP contribution in [0.25, 0.3) is 0 Å². The van der Waals surface area contributed by atoms with Crippen molar-refractivity contribution in [1.82, 2.24) is 0 Å². The predicted octanol–water partition coefficient (Wildman–Crippen LogP) is 2.77. The van der Waals surface area contributed by atoms with Crippen LogP contribution in [0.3, 0.4) is 0 Å². The summed E-state index contributed by atoms with van der Waals surface area (Å²) in [5.74, 6) is 0.233. The third-order valence-electron chi connectivity index (χ3n) is 2.71. The highest BCUT2D eigenvalue weighted by atomic mass is 19.1. The summed E-state index contributed by atoms with van der Waals surface area (Å²) in [4.78, 5) is 0. The standard InChI is InChI=1S/C15H12FNO2/c16-14-3-5-15(6-4-14)19-10-12-2-1-11(8-17)7-13(12)9-18/h1-7,18H,9-10H2. The Balaban J connectivity index is 2.11. The molecule has 0 spiro atoms. The van der Waals surface area contributed by atoms with Crippen LogP contribution in [0.1, 0.15) is 16.7 Å². The minimum absolute atomic E-state index is 0.155. The second-order valence-corrected chi connectivity index (χ2v) is 4.00. The van der Waals surface area contributed by atoms with Crippen LogP contribution in [-0.4, -0.2) is 5.11 Å². The fraction of sp³-hybridized carbons (Fsp3) is 0.133. The molecule has 0 aromatic heterocycles. The molecule has 0 amide bonds. The molecule has 19 heavy (non-hydrogen) atoms. The Kier molecular flexibility index (Phi) is 4.11. The van der Waals surface area contributed by atoms with E-state index < -0.39 is 0 Å². The SMILES string of the molecule is N#Cc1ccc(COc2ccc(F)cc2)c(CO)c1. The van der Waals surface area contributed by atoms with Gasteiger partial charge in [0.2, 0.25) is 0 Å². The lowest BCUT2D eigenvalue weighted by Gasteiger charge is -2.10. The molecule has 2 aromatic carbocycles. The van der Waals surface area contributed by atoms with Gasteiger partial charge in [-0.1, -0.05) is 6.07 Å². The Hall–Kier alpha value is -2.38. The topological polar surface area (TPSA) is 53.2 Å². The Bertz CT molecular complexity index is 603. The highest BCUT2D eigenvalue weighted by Crippen LogP contribution is 2.17. The number of benzene rings is 2. The first-order valence-corrected chi connectivity index (χ1v) is 5.74. The van der Waals surface area contributed by atoms with E-state index >= 15 is 0 Å². The van der Waals surface area contributed by atoms with E-state index in [1.165, 1.54) is 24.3 Å². The summed E-state index contributed by atoms with van der Waals surface area (Å²) in [5, 5.41) is 18.0. The number of ether oxygens (including phenoxy) is 1. The van der Waals surface area contributed by atoms with Gasteiger partial charge in [0.15, 0.2) is 0 Å². The quantitative estimate of drug-likeness (QED) is 0.916. The lowest BCUT2D eigenvalue weighted by atomic mass is 10.1. The Morgan fingerprint density at radius 3 is 2.47 bits per heavy atom. The fourth-order valence-corrected chi connectivity index (χ4v) is 1.68. The first kappa shape index (κ1) is 13.1. The maximum Gasteiger partial charge on any atom is 0.123 e. The van der Waals surface area contributed by atoms with Crippen molar-refractivity contribution < 1.29 is 14.2 Å². The summed E-state index contributed by atoms with van der Waals surface area (Å²) < 4.78 is 18.2. The summed E-state index contributed by atoms with van der Waals surface area (Å²) in [7, 11) is 0. The first-order chi connectivity index (χ1) is 9.22. The third kappa shape index (κ3) is 3.30. The van der Waals surface area contributed by atoms with Crippen LogP contribution in [0.2, 0.25) is 0 Å². The van der Waals surface area contributed by atoms with E-state index in [1.54, 1.807) is 18.2 Å². The van der Waals surface area contributed by atoms with E-state index in [9.17, 15) is 9.50 Å². The van der Waals surface area contributed by atoms with E-state index in [-0.39, 0.29) is 19.0 Å². The summed E-state index contributed by atoms with van der Waals surface area (Å²) in [6.45, 7) is 0.102. The zero-order valence-electron chi connectivity index (χ0n) is 10.1. The number of halogens is 1. The van der Waals surface area contributed by atoms with Gasteiger partial charge < -0.3 is 9.84 Å². The van der Waals surface area contributed by atoms with Crippen LogP contribution < -0.4 is 4.74 Å². The van der Waals surface area contributed by atoms with E-state index in [1.807, 2.05) is 6.07 Å². The van der Waals surface area contributed by atoms with Gasteiger partial charge in [0.05, 0.1) is 18.2 Å². The number of aliphatic hydroxyl groups is 1. The first-order valence-electron chi connectivity index (χ1n) is 5.74. The van der Waals surface area contributed by atoms with Crippen molar-refractivity contribution >= 4 is 0 Å². The van der Waals surface area contributed by atoms with Crippen LogP contribution in [0.5, 0.6) is 5.75 Å². The van der Waals surface area contributed by atoms with Crippen LogP contribution in [0.4, 0.5) is 4.39 Å². The zero-order valence-corrected chi connectivity index (χ0v) is 10.1. The van der Waals surface area contributed by atoms with E-state index in [0.717, 1.165) is 5.56 Å². The number of hydrogen-bond acceptors (Lipinski definition) is 3. The van der Waals surface area contributed by atoms with Crippen LogP contribution >= 0.6 is 0 Å². The predicted molar refractivity (Wildman–Crippen MR) is 67.8 cm³/mol. The van der Waals surface area contributed by atoms with Crippen molar-refractivity contribution in [3.63, 3.8) is 0 Å². The molecule has 0 saturated heterocycles. The van der Waals surface area contributed by atoms with Crippen molar-refractivity contribution in [2.75, 3.05) is 0 Å². The van der Waals surface area contributed by atoms with Gasteiger partial charge in [0, 0.05) is 0 Å². The number of hydrogen-bond donors (Lipinski definition) is 1. The average molecular weight is 257 g/mol. The monoisotopic (exact) mass is 257 g/mol. The lowest BCUT2D eigenvalue weighted by Crippen LogP contribution is -2.01. The molecule has 1 N–H and O–H groups in total. The molecular formula is C15H12FNO2. The highest BCUT2D eigenvalue weighted by Gasteiger charge is 2.04. The summed E-state index contributed by atoms with van der Waals surface area (Å²) in [6, 6.07) is 12.8. The maximum absolute atomic E-state index is 12.7. The van der Waals surface area contributed by atoms with Crippen molar-refractivity contribution in [3.05, 3.63) is 65.0 Å². The molecule has 3 nitrogen and oxygen atoms in total. The zero-order chi connectivity index (χ0) is 13.7. The summed E-state index contributed by atoms with van der Waals surface area (Å²) in [5.41, 5.74) is 1.95. The van der Waals surface area contributed by atoms with Gasteiger partial charge >= 0.3 is 0 Å². The van der Waals surface area contributed by atoms with Crippen molar-refractivity contribution in [2.45, 2.75) is 13.2 Å². The van der Waals surface area contributed by atoms with Crippen LogP contribution in [0.15, 0.2) is 42.5 Å². The Morgan fingerprint density at radius 2 is 1.84 bits per heavy atom. The van der Waals surface area contributed by atoms with Gasteiger partial charge in [-0.05, 0) is 47.5 Å². The average Bonchev–Trinajstić information content (AvgIpc) is 2.46. The molecule has 0 saturated carbocycles. The molecule has 0 aliphatic heterocycles. The Morgan fingerprint density at radius 1 is 1.11 bits per heavy atom. The van der Waals surface area contributed by atoms with Gasteiger partial charge in [-0.15, -0.1) is 0 Å². The molecule has 0 radical (unpaired) electrons. The molecule has 0 atom stereocenters. The molecule has 4 heteroatoms. The van der Waals surface area contributed by atoms with Crippen LogP contribution in [-0.2, 0) is 13.2 Å². The molecule has 0 aliphatic rings. The van der Waals surface area contributed by atoms with Crippen molar-refractivity contribution in [1.29, 1.82) is 5.26 Å². The summed E-state index contributed by atoms with van der Waals surface area (Å²) >= 11 is 0. The van der Waals surface area contributed by atoms with Gasteiger partial charge in [-0.25, -0.2) is 4.39 Å². The Labute approximate surface area is 110 Å². The lowest BCUT2D eigenvalue weighted by molar-refractivity contribution is 0.269. The maximum atomic E-state index is 12.7. The third-order valence-corrected chi connectivity index (χ3v) is 2.71. The highest BCUT2D eigenvalue weighted by molar-refractivity contribution is 5.38. The minimum atomic E-state index is -0.318. The van der Waals surface area contributed by atoms with Gasteiger partial charge in [-0.3, -0.25) is 0 Å². The van der Waals surface area contributed by atoms with E-state index in [2.05, 4.69) is 0 Å². The molecule has 0 unspecified atom stereocenters. The van der Waals surface area contributed by atoms with Gasteiger partial charge in [-0.2, -0.15) is 5.26 Å². The fourth-order valence-electron chi connectivity index (χ4n) is 1.68. The number of nitriles is 1. The van der Waals surface area contributed by atoms with Crippen LogP contribution in [0, 0.1) is 17.1 Å². The van der Waals surface area contributed by atoms with Gasteiger partial charge in [0.25, 0.3) is 0 Å². The number of nitrogens with zero attached hydrogens (tertiary/aromatic N) is 1. The molecule has 96 valence electrons. The largest absolute Gasteiger partial charge is 0.489 e.